The maximum absolute atomic E-state index is 12.3. The van der Waals surface area contributed by atoms with Crippen LogP contribution in [0.5, 0.6) is 0 Å². The molecule has 2 aromatic rings. The molecule has 0 aliphatic rings. The van der Waals surface area contributed by atoms with E-state index in [4.69, 9.17) is 4.74 Å². The lowest BCUT2D eigenvalue weighted by Crippen LogP contribution is -2.43. The molecule has 0 heterocycles. The zero-order chi connectivity index (χ0) is 15.9. The first kappa shape index (κ1) is 15.8. The second kappa shape index (κ2) is 7.41. The van der Waals surface area contributed by atoms with Gasteiger partial charge in [0.25, 0.3) is 5.91 Å². The summed E-state index contributed by atoms with van der Waals surface area (Å²) in [5.41, 5.74) is 2.48. The molecule has 4 nitrogen and oxygen atoms in total. The predicted octanol–water partition coefficient (Wildman–Crippen LogP) is 2.51. The van der Waals surface area contributed by atoms with Crippen molar-refractivity contribution in [1.82, 2.24) is 5.32 Å². The maximum Gasteiger partial charge on any atom is 0.328 e. The Morgan fingerprint density at radius 3 is 2.45 bits per heavy atom. The number of esters is 1. The second-order valence-electron chi connectivity index (χ2n) is 5.11. The molecule has 1 atom stereocenters. The van der Waals surface area contributed by atoms with Crippen molar-refractivity contribution in [2.24, 2.45) is 0 Å². The van der Waals surface area contributed by atoms with Gasteiger partial charge in [-0.3, -0.25) is 4.79 Å². The van der Waals surface area contributed by atoms with E-state index in [2.05, 4.69) is 5.32 Å². The summed E-state index contributed by atoms with van der Waals surface area (Å²) in [6.07, 6.45) is 0.394. The molecule has 114 valence electrons. The number of carbonyl (C=O) groups is 2. The Morgan fingerprint density at radius 2 is 1.82 bits per heavy atom. The van der Waals surface area contributed by atoms with Crippen molar-refractivity contribution in [2.45, 2.75) is 19.4 Å². The molecule has 0 unspecified atom stereocenters. The van der Waals surface area contributed by atoms with E-state index in [1.54, 1.807) is 12.1 Å². The smallest absolute Gasteiger partial charge is 0.328 e. The van der Waals surface area contributed by atoms with Crippen LogP contribution in [0.25, 0.3) is 0 Å². The molecule has 0 radical (unpaired) electrons. The summed E-state index contributed by atoms with van der Waals surface area (Å²) < 4.78 is 4.79. The van der Waals surface area contributed by atoms with E-state index < -0.39 is 12.0 Å². The molecule has 0 saturated heterocycles. The quantitative estimate of drug-likeness (QED) is 0.863. The molecule has 0 aliphatic heterocycles. The number of nitrogens with one attached hydrogen (secondary N) is 1. The Morgan fingerprint density at radius 1 is 1.09 bits per heavy atom. The Kier molecular flexibility index (Phi) is 5.31. The van der Waals surface area contributed by atoms with Gasteiger partial charge in [0, 0.05) is 12.0 Å². The minimum Gasteiger partial charge on any atom is -0.467 e. The van der Waals surface area contributed by atoms with Crippen LogP contribution in [0.2, 0.25) is 0 Å². The van der Waals surface area contributed by atoms with Crippen molar-refractivity contribution in [2.75, 3.05) is 7.11 Å². The predicted molar refractivity (Wildman–Crippen MR) is 84.6 cm³/mol. The van der Waals surface area contributed by atoms with E-state index in [-0.39, 0.29) is 5.91 Å². The Hall–Kier alpha value is -2.62. The van der Waals surface area contributed by atoms with Crippen LogP contribution in [0.15, 0.2) is 54.6 Å². The molecular weight excluding hydrogens is 278 g/mol. The summed E-state index contributed by atoms with van der Waals surface area (Å²) >= 11 is 0. The van der Waals surface area contributed by atoms with Crippen LogP contribution in [0, 0.1) is 6.92 Å². The number of carbonyl (C=O) groups excluding carboxylic acids is 2. The fourth-order valence-electron chi connectivity index (χ4n) is 2.21. The Labute approximate surface area is 130 Å². The van der Waals surface area contributed by atoms with E-state index in [9.17, 15) is 9.59 Å². The topological polar surface area (TPSA) is 55.4 Å². The second-order valence-corrected chi connectivity index (χ2v) is 5.11. The van der Waals surface area contributed by atoms with Crippen molar-refractivity contribution in [3.05, 3.63) is 71.3 Å². The molecule has 22 heavy (non-hydrogen) atoms. The SMILES string of the molecule is COC(=O)[C@H](Cc1ccccc1)NC(=O)c1cccc(C)c1. The van der Waals surface area contributed by atoms with Gasteiger partial charge in [0.1, 0.15) is 6.04 Å². The number of hydrogen-bond acceptors (Lipinski definition) is 3. The van der Waals surface area contributed by atoms with Crippen LogP contribution in [0.1, 0.15) is 21.5 Å². The van der Waals surface area contributed by atoms with E-state index >= 15 is 0 Å². The fourth-order valence-corrected chi connectivity index (χ4v) is 2.21. The third-order valence-corrected chi connectivity index (χ3v) is 3.35. The third-order valence-electron chi connectivity index (χ3n) is 3.35. The highest BCUT2D eigenvalue weighted by Gasteiger charge is 2.22. The molecule has 0 saturated carbocycles. The van der Waals surface area contributed by atoms with Crippen LogP contribution in [-0.2, 0) is 16.0 Å². The van der Waals surface area contributed by atoms with Gasteiger partial charge in [0.15, 0.2) is 0 Å². The molecule has 2 rings (SSSR count). The number of amides is 1. The first-order valence-electron chi connectivity index (χ1n) is 7.09. The van der Waals surface area contributed by atoms with Gasteiger partial charge >= 0.3 is 5.97 Å². The van der Waals surface area contributed by atoms with Crippen molar-refractivity contribution >= 4 is 11.9 Å². The van der Waals surface area contributed by atoms with E-state index in [1.165, 1.54) is 7.11 Å². The van der Waals surface area contributed by atoms with Crippen molar-refractivity contribution in [3.8, 4) is 0 Å². The van der Waals surface area contributed by atoms with Crippen molar-refractivity contribution < 1.29 is 14.3 Å². The minimum absolute atomic E-state index is 0.282. The average Bonchev–Trinajstić information content (AvgIpc) is 2.54. The highest BCUT2D eigenvalue weighted by atomic mass is 16.5. The lowest BCUT2D eigenvalue weighted by atomic mass is 10.1. The van der Waals surface area contributed by atoms with Gasteiger partial charge in [0.05, 0.1) is 7.11 Å². The number of ether oxygens (including phenoxy) is 1. The summed E-state index contributed by atoms with van der Waals surface area (Å²) in [6.45, 7) is 1.92. The van der Waals surface area contributed by atoms with Gasteiger partial charge in [0.2, 0.25) is 0 Å². The van der Waals surface area contributed by atoms with Crippen molar-refractivity contribution in [3.63, 3.8) is 0 Å². The van der Waals surface area contributed by atoms with Gasteiger partial charge in [-0.2, -0.15) is 0 Å². The lowest BCUT2D eigenvalue weighted by molar-refractivity contribution is -0.142. The Bertz CT molecular complexity index is 652. The largest absolute Gasteiger partial charge is 0.467 e. The van der Waals surface area contributed by atoms with Crippen LogP contribution in [0.3, 0.4) is 0 Å². The van der Waals surface area contributed by atoms with Crippen LogP contribution >= 0.6 is 0 Å². The number of benzene rings is 2. The summed E-state index contributed by atoms with van der Waals surface area (Å²) in [6, 6.07) is 16.0. The molecular formula is C18H19NO3. The van der Waals surface area contributed by atoms with E-state index in [0.717, 1.165) is 11.1 Å². The van der Waals surface area contributed by atoms with Crippen LogP contribution in [0.4, 0.5) is 0 Å². The van der Waals surface area contributed by atoms with Gasteiger partial charge in [-0.15, -0.1) is 0 Å². The number of rotatable bonds is 5. The van der Waals surface area contributed by atoms with Gasteiger partial charge in [-0.05, 0) is 24.6 Å². The van der Waals surface area contributed by atoms with Gasteiger partial charge < -0.3 is 10.1 Å². The Balaban J connectivity index is 2.13. The molecule has 1 amide bonds. The molecule has 2 aromatic carbocycles. The maximum atomic E-state index is 12.3. The molecule has 0 aromatic heterocycles. The number of aryl methyl sites for hydroxylation is 1. The van der Waals surface area contributed by atoms with Gasteiger partial charge in [-0.25, -0.2) is 4.79 Å². The summed E-state index contributed by atoms with van der Waals surface area (Å²) in [5.74, 6) is -0.736. The highest BCUT2D eigenvalue weighted by Crippen LogP contribution is 2.08. The average molecular weight is 297 g/mol. The first-order chi connectivity index (χ1) is 10.6. The monoisotopic (exact) mass is 297 g/mol. The van der Waals surface area contributed by atoms with Gasteiger partial charge in [-0.1, -0.05) is 48.0 Å². The molecule has 0 bridgehead atoms. The number of hydrogen-bond donors (Lipinski definition) is 1. The standard InChI is InChI=1S/C18H19NO3/c1-13-7-6-10-15(11-13)17(20)19-16(18(21)22-2)12-14-8-4-3-5-9-14/h3-11,16H,12H2,1-2H3,(H,19,20)/t16-/m0/s1. The minimum atomic E-state index is -0.708. The summed E-state index contributed by atoms with van der Waals surface area (Å²) in [4.78, 5) is 24.2. The van der Waals surface area contributed by atoms with Crippen molar-refractivity contribution in [1.29, 1.82) is 0 Å². The molecule has 4 heteroatoms. The highest BCUT2D eigenvalue weighted by molar-refractivity contribution is 5.97. The molecule has 0 fully saturated rings. The molecule has 1 N–H and O–H groups in total. The molecule has 0 aliphatic carbocycles. The summed E-state index contributed by atoms with van der Waals surface area (Å²) in [5, 5.41) is 2.75. The fraction of sp³-hybridized carbons (Fsp3) is 0.222. The normalized spacial score (nSPS) is 11.5. The summed E-state index contributed by atoms with van der Waals surface area (Å²) in [7, 11) is 1.32. The van der Waals surface area contributed by atoms with E-state index in [1.807, 2.05) is 49.4 Å². The van der Waals surface area contributed by atoms with E-state index in [0.29, 0.717) is 12.0 Å². The van der Waals surface area contributed by atoms with Crippen LogP contribution < -0.4 is 5.32 Å². The lowest BCUT2D eigenvalue weighted by Gasteiger charge is -2.17. The number of methoxy groups -OCH3 is 1. The third kappa shape index (κ3) is 4.19. The molecule has 0 spiro atoms. The zero-order valence-electron chi connectivity index (χ0n) is 12.7. The first-order valence-corrected chi connectivity index (χ1v) is 7.09. The zero-order valence-corrected chi connectivity index (χ0v) is 12.7. The van der Waals surface area contributed by atoms with Crippen LogP contribution in [-0.4, -0.2) is 25.0 Å².